The van der Waals surface area contributed by atoms with Gasteiger partial charge in [-0.25, -0.2) is 9.78 Å². The maximum absolute atomic E-state index is 13.0. The summed E-state index contributed by atoms with van der Waals surface area (Å²) in [6.07, 6.45) is 7.90. The van der Waals surface area contributed by atoms with Gasteiger partial charge in [0.1, 0.15) is 6.54 Å². The highest BCUT2D eigenvalue weighted by Gasteiger charge is 2.22. The summed E-state index contributed by atoms with van der Waals surface area (Å²) in [5.74, 6) is 0.635. The lowest BCUT2D eigenvalue weighted by Crippen LogP contribution is -2.38. The second kappa shape index (κ2) is 9.37. The molecule has 1 amide bonds. The Bertz CT molecular complexity index is 1260. The second-order valence-corrected chi connectivity index (χ2v) is 9.54. The molecule has 1 aromatic carbocycles. The lowest BCUT2D eigenvalue weighted by molar-refractivity contribution is -0.122. The van der Waals surface area contributed by atoms with Gasteiger partial charge in [0.25, 0.3) is 5.56 Å². The van der Waals surface area contributed by atoms with E-state index in [0.717, 1.165) is 10.1 Å². The number of imidazole rings is 1. The first-order valence-electron chi connectivity index (χ1n) is 11.8. The van der Waals surface area contributed by atoms with Crippen LogP contribution in [0.15, 0.2) is 40.2 Å². The molecule has 4 rings (SSSR count). The van der Waals surface area contributed by atoms with E-state index in [-0.39, 0.29) is 35.6 Å². The van der Waals surface area contributed by atoms with Gasteiger partial charge in [-0.05, 0) is 35.8 Å². The molecular weight excluding hydrogens is 418 g/mol. The van der Waals surface area contributed by atoms with E-state index < -0.39 is 11.2 Å². The fourth-order valence-corrected chi connectivity index (χ4v) is 4.94. The van der Waals surface area contributed by atoms with Crippen LogP contribution in [0.3, 0.4) is 0 Å². The van der Waals surface area contributed by atoms with Crippen LogP contribution in [0.25, 0.3) is 11.2 Å². The van der Waals surface area contributed by atoms with E-state index in [0.29, 0.717) is 5.92 Å². The molecule has 2 heterocycles. The Hall–Kier alpha value is -3.16. The molecule has 8 heteroatoms. The fraction of sp³-hybridized carbons (Fsp3) is 0.520. The van der Waals surface area contributed by atoms with Crippen molar-refractivity contribution in [1.29, 1.82) is 0 Å². The summed E-state index contributed by atoms with van der Waals surface area (Å²) < 4.78 is 3.86. The van der Waals surface area contributed by atoms with Gasteiger partial charge < -0.3 is 9.88 Å². The molecular formula is C25H33N5O3. The molecule has 0 bridgehead atoms. The van der Waals surface area contributed by atoms with Gasteiger partial charge in [-0.3, -0.25) is 18.7 Å². The van der Waals surface area contributed by atoms with E-state index in [1.165, 1.54) is 60.2 Å². The highest BCUT2D eigenvalue weighted by atomic mass is 16.2. The van der Waals surface area contributed by atoms with Crippen LogP contribution in [0.5, 0.6) is 0 Å². The van der Waals surface area contributed by atoms with Crippen molar-refractivity contribution in [3.8, 4) is 0 Å². The molecule has 2 aromatic heterocycles. The third-order valence-corrected chi connectivity index (χ3v) is 6.89. The van der Waals surface area contributed by atoms with E-state index in [1.54, 1.807) is 7.05 Å². The minimum Gasteiger partial charge on any atom is -0.347 e. The Morgan fingerprint density at radius 1 is 1.06 bits per heavy atom. The first-order valence-corrected chi connectivity index (χ1v) is 11.8. The zero-order valence-electron chi connectivity index (χ0n) is 19.9. The molecule has 1 aliphatic rings. The number of aryl methyl sites for hydroxylation is 1. The standard InChI is InChI=1S/C25H33N5O3/c1-16(2)21(19-12-10-18(11-13-19)17-8-6-5-7-9-17)27-20(31)14-30-15-26-23-22(30)24(32)29(4)25(33)28(23)3/h10-13,15-17,21H,5-9,14H2,1-4H3,(H,27,31)/t21-/m0/s1. The number of carbonyl (C=O) groups is 1. The van der Waals surface area contributed by atoms with Gasteiger partial charge in [-0.2, -0.15) is 0 Å². The highest BCUT2D eigenvalue weighted by Crippen LogP contribution is 2.33. The van der Waals surface area contributed by atoms with Crippen LogP contribution in [-0.4, -0.2) is 24.6 Å². The van der Waals surface area contributed by atoms with Crippen molar-refractivity contribution in [3.63, 3.8) is 0 Å². The van der Waals surface area contributed by atoms with E-state index >= 15 is 0 Å². The maximum atomic E-state index is 13.0. The lowest BCUT2D eigenvalue weighted by atomic mass is 9.83. The largest absolute Gasteiger partial charge is 0.347 e. The summed E-state index contributed by atoms with van der Waals surface area (Å²) in [7, 11) is 2.99. The summed E-state index contributed by atoms with van der Waals surface area (Å²) in [4.78, 5) is 41.9. The number of aromatic nitrogens is 4. The number of fused-ring (bicyclic) bond motifs is 1. The minimum absolute atomic E-state index is 0.0483. The normalized spacial score (nSPS) is 15.8. The topological polar surface area (TPSA) is 90.9 Å². The molecule has 3 aromatic rings. The number of amides is 1. The molecule has 1 aliphatic carbocycles. The maximum Gasteiger partial charge on any atom is 0.332 e. The summed E-state index contributed by atoms with van der Waals surface area (Å²) in [5, 5.41) is 3.13. The van der Waals surface area contributed by atoms with Gasteiger partial charge in [0.05, 0.1) is 12.4 Å². The molecule has 0 aliphatic heterocycles. The van der Waals surface area contributed by atoms with Crippen molar-refractivity contribution in [3.05, 3.63) is 62.6 Å². The van der Waals surface area contributed by atoms with Crippen molar-refractivity contribution >= 4 is 17.1 Å². The zero-order chi connectivity index (χ0) is 23.7. The summed E-state index contributed by atoms with van der Waals surface area (Å²) in [6.45, 7) is 4.11. The van der Waals surface area contributed by atoms with Crippen molar-refractivity contribution in [2.75, 3.05) is 0 Å². The number of carbonyl (C=O) groups excluding carboxylic acids is 1. The molecule has 176 valence electrons. The van der Waals surface area contributed by atoms with Crippen LogP contribution in [0.1, 0.15) is 69.0 Å². The number of hydrogen-bond donors (Lipinski definition) is 1. The molecule has 1 fully saturated rings. The predicted molar refractivity (Wildman–Crippen MR) is 128 cm³/mol. The Morgan fingerprint density at radius 2 is 1.73 bits per heavy atom. The summed E-state index contributed by atoms with van der Waals surface area (Å²) >= 11 is 0. The third-order valence-electron chi connectivity index (χ3n) is 6.89. The molecule has 1 N–H and O–H groups in total. The molecule has 1 saturated carbocycles. The number of rotatable bonds is 6. The van der Waals surface area contributed by atoms with E-state index in [9.17, 15) is 14.4 Å². The average molecular weight is 452 g/mol. The monoisotopic (exact) mass is 451 g/mol. The van der Waals surface area contributed by atoms with Gasteiger partial charge in [0.2, 0.25) is 5.91 Å². The lowest BCUT2D eigenvalue weighted by Gasteiger charge is -2.25. The zero-order valence-corrected chi connectivity index (χ0v) is 19.9. The van der Waals surface area contributed by atoms with Gasteiger partial charge >= 0.3 is 5.69 Å². The number of nitrogens with zero attached hydrogens (tertiary/aromatic N) is 4. The van der Waals surface area contributed by atoms with Gasteiger partial charge in [0, 0.05) is 14.1 Å². The van der Waals surface area contributed by atoms with Crippen LogP contribution >= 0.6 is 0 Å². The molecule has 0 unspecified atom stereocenters. The van der Waals surface area contributed by atoms with Crippen LogP contribution in [0, 0.1) is 5.92 Å². The van der Waals surface area contributed by atoms with E-state index in [2.05, 4.69) is 48.4 Å². The summed E-state index contributed by atoms with van der Waals surface area (Å²) in [6, 6.07) is 8.54. The Balaban J connectivity index is 1.53. The van der Waals surface area contributed by atoms with E-state index in [1.807, 2.05) is 0 Å². The van der Waals surface area contributed by atoms with Gasteiger partial charge in [0.15, 0.2) is 11.2 Å². The SMILES string of the molecule is CC(C)[C@H](NC(=O)Cn1cnc2c1c(=O)n(C)c(=O)n2C)c1ccc(C2CCCCC2)cc1. The third kappa shape index (κ3) is 4.51. The first kappa shape index (κ1) is 23.0. The molecule has 33 heavy (non-hydrogen) atoms. The van der Waals surface area contributed by atoms with Crippen LogP contribution < -0.4 is 16.6 Å². The second-order valence-electron chi connectivity index (χ2n) is 9.54. The van der Waals surface area contributed by atoms with Gasteiger partial charge in [-0.15, -0.1) is 0 Å². The molecule has 0 saturated heterocycles. The predicted octanol–water partition coefficient (Wildman–Crippen LogP) is 2.99. The number of hydrogen-bond acceptors (Lipinski definition) is 4. The Kier molecular flexibility index (Phi) is 6.54. The molecule has 1 atom stereocenters. The van der Waals surface area contributed by atoms with Crippen LogP contribution in [0.4, 0.5) is 0 Å². The Labute approximate surface area is 193 Å². The molecule has 0 radical (unpaired) electrons. The molecule has 8 nitrogen and oxygen atoms in total. The highest BCUT2D eigenvalue weighted by molar-refractivity contribution is 5.79. The van der Waals surface area contributed by atoms with Gasteiger partial charge in [-0.1, -0.05) is 57.4 Å². The first-order chi connectivity index (χ1) is 15.8. The Morgan fingerprint density at radius 3 is 2.36 bits per heavy atom. The van der Waals surface area contributed by atoms with Crippen molar-refractivity contribution < 1.29 is 4.79 Å². The average Bonchev–Trinajstić information content (AvgIpc) is 3.24. The minimum atomic E-state index is -0.461. The summed E-state index contributed by atoms with van der Waals surface area (Å²) in [5.41, 5.74) is 2.07. The number of nitrogens with one attached hydrogen (secondary N) is 1. The van der Waals surface area contributed by atoms with Crippen LogP contribution in [0.2, 0.25) is 0 Å². The quantitative estimate of drug-likeness (QED) is 0.624. The number of benzene rings is 1. The smallest absolute Gasteiger partial charge is 0.332 e. The van der Waals surface area contributed by atoms with Crippen molar-refractivity contribution in [2.24, 2.45) is 20.0 Å². The van der Waals surface area contributed by atoms with Crippen molar-refractivity contribution in [2.45, 2.75) is 64.5 Å². The molecule has 0 spiro atoms. The fourth-order valence-electron chi connectivity index (χ4n) is 4.94. The van der Waals surface area contributed by atoms with Crippen LogP contribution in [-0.2, 0) is 25.4 Å². The van der Waals surface area contributed by atoms with E-state index in [4.69, 9.17) is 0 Å². The van der Waals surface area contributed by atoms with Crippen molar-refractivity contribution in [1.82, 2.24) is 24.0 Å².